The molecular formula is C9H10ClNO4. The molecule has 82 valence electrons. The van der Waals surface area contributed by atoms with Gasteiger partial charge in [0.25, 0.3) is 0 Å². The van der Waals surface area contributed by atoms with E-state index in [1.807, 2.05) is 0 Å². The van der Waals surface area contributed by atoms with Gasteiger partial charge in [0.15, 0.2) is 0 Å². The van der Waals surface area contributed by atoms with Crippen LogP contribution in [0.1, 0.15) is 11.6 Å². The monoisotopic (exact) mass is 231 g/mol. The fraction of sp³-hybridized carbons (Fsp3) is 0.222. The summed E-state index contributed by atoms with van der Waals surface area (Å²) in [5, 5.41) is 18.1. The minimum atomic E-state index is -1.22. The third kappa shape index (κ3) is 2.31. The second kappa shape index (κ2) is 4.37. The zero-order chi connectivity index (χ0) is 11.6. The molecule has 0 aliphatic rings. The number of aliphatic carboxylic acids is 1. The molecule has 0 spiro atoms. The van der Waals surface area contributed by atoms with Crippen LogP contribution in [0.25, 0.3) is 0 Å². The maximum atomic E-state index is 10.6. The number of ether oxygens (including phenoxy) is 1. The standard InChI is InChI=1S/C9H10ClNO4/c1-15-6-3-4(8(11)9(13)14)2-5(12)7(6)10/h2-3,8,12H,11H2,1H3,(H,13,14). The van der Waals surface area contributed by atoms with Crippen LogP contribution in [-0.4, -0.2) is 23.3 Å². The molecule has 0 aromatic heterocycles. The summed E-state index contributed by atoms with van der Waals surface area (Å²) < 4.78 is 4.86. The Bertz CT molecular complexity index is 394. The number of hydrogen-bond donors (Lipinski definition) is 3. The molecule has 1 rings (SSSR count). The van der Waals surface area contributed by atoms with Crippen LogP contribution >= 0.6 is 11.6 Å². The number of phenolic OH excluding ortho intramolecular Hbond substituents is 1. The Morgan fingerprint density at radius 3 is 2.67 bits per heavy atom. The molecule has 15 heavy (non-hydrogen) atoms. The van der Waals surface area contributed by atoms with Crippen molar-refractivity contribution in [2.75, 3.05) is 7.11 Å². The number of carboxylic acid groups (broad SMARTS) is 1. The number of benzene rings is 1. The second-order valence-electron chi connectivity index (χ2n) is 2.87. The van der Waals surface area contributed by atoms with Gasteiger partial charge in [-0.1, -0.05) is 11.6 Å². The molecule has 0 fully saturated rings. The molecule has 5 nitrogen and oxygen atoms in total. The second-order valence-corrected chi connectivity index (χ2v) is 3.25. The van der Waals surface area contributed by atoms with Gasteiger partial charge in [-0.25, -0.2) is 0 Å². The fourth-order valence-electron chi connectivity index (χ4n) is 1.07. The lowest BCUT2D eigenvalue weighted by Crippen LogP contribution is -2.20. The van der Waals surface area contributed by atoms with Crippen molar-refractivity contribution in [1.29, 1.82) is 0 Å². The summed E-state index contributed by atoms with van der Waals surface area (Å²) in [5.74, 6) is -1.27. The lowest BCUT2D eigenvalue weighted by atomic mass is 10.1. The van der Waals surface area contributed by atoms with E-state index in [1.54, 1.807) is 0 Å². The van der Waals surface area contributed by atoms with Crippen molar-refractivity contribution >= 4 is 17.6 Å². The predicted molar refractivity (Wildman–Crippen MR) is 54.2 cm³/mol. The average Bonchev–Trinajstić information content (AvgIpc) is 2.20. The van der Waals surface area contributed by atoms with Gasteiger partial charge < -0.3 is 20.7 Å². The van der Waals surface area contributed by atoms with Crippen molar-refractivity contribution in [3.63, 3.8) is 0 Å². The van der Waals surface area contributed by atoms with E-state index in [0.717, 1.165) is 0 Å². The van der Waals surface area contributed by atoms with Gasteiger partial charge in [0, 0.05) is 0 Å². The van der Waals surface area contributed by atoms with Crippen LogP contribution in [0.3, 0.4) is 0 Å². The zero-order valence-corrected chi connectivity index (χ0v) is 8.65. The Hall–Kier alpha value is -1.46. The summed E-state index contributed by atoms with van der Waals surface area (Å²) in [6, 6.07) is 1.35. The summed E-state index contributed by atoms with van der Waals surface area (Å²) in [6.45, 7) is 0. The number of carbonyl (C=O) groups is 1. The van der Waals surface area contributed by atoms with E-state index in [9.17, 15) is 9.90 Å². The molecule has 0 saturated carbocycles. The highest BCUT2D eigenvalue weighted by molar-refractivity contribution is 6.33. The van der Waals surface area contributed by atoms with Crippen LogP contribution in [0.2, 0.25) is 5.02 Å². The number of carboxylic acids is 1. The van der Waals surface area contributed by atoms with Crippen molar-refractivity contribution in [2.45, 2.75) is 6.04 Å². The number of nitrogens with two attached hydrogens (primary N) is 1. The number of methoxy groups -OCH3 is 1. The first kappa shape index (κ1) is 11.6. The quantitative estimate of drug-likeness (QED) is 0.725. The Labute approximate surface area is 91.0 Å². The van der Waals surface area contributed by atoms with Crippen LogP contribution in [0.4, 0.5) is 0 Å². The molecule has 0 radical (unpaired) electrons. The van der Waals surface area contributed by atoms with E-state index in [4.69, 9.17) is 27.2 Å². The van der Waals surface area contributed by atoms with Gasteiger partial charge in [0.1, 0.15) is 22.6 Å². The maximum absolute atomic E-state index is 10.6. The zero-order valence-electron chi connectivity index (χ0n) is 7.90. The summed E-state index contributed by atoms with van der Waals surface area (Å²) in [6.07, 6.45) is 0. The lowest BCUT2D eigenvalue weighted by molar-refractivity contribution is -0.138. The van der Waals surface area contributed by atoms with Crippen molar-refractivity contribution in [3.05, 3.63) is 22.7 Å². The van der Waals surface area contributed by atoms with Gasteiger partial charge >= 0.3 is 5.97 Å². The van der Waals surface area contributed by atoms with E-state index in [2.05, 4.69) is 0 Å². The smallest absolute Gasteiger partial charge is 0.325 e. The normalized spacial score (nSPS) is 12.2. The van der Waals surface area contributed by atoms with Crippen molar-refractivity contribution in [2.24, 2.45) is 5.73 Å². The Balaban J connectivity index is 3.22. The molecule has 1 aromatic rings. The van der Waals surface area contributed by atoms with E-state index in [-0.39, 0.29) is 22.1 Å². The largest absolute Gasteiger partial charge is 0.506 e. The first-order valence-electron chi connectivity index (χ1n) is 4.02. The molecule has 0 saturated heterocycles. The molecule has 0 bridgehead atoms. The average molecular weight is 232 g/mol. The minimum absolute atomic E-state index is 0.0267. The highest BCUT2D eigenvalue weighted by Gasteiger charge is 2.18. The van der Waals surface area contributed by atoms with Crippen LogP contribution in [-0.2, 0) is 4.79 Å². The maximum Gasteiger partial charge on any atom is 0.325 e. The van der Waals surface area contributed by atoms with Crippen molar-refractivity contribution in [3.8, 4) is 11.5 Å². The predicted octanol–water partition coefficient (Wildman–Crippen LogP) is 1.14. The summed E-state index contributed by atoms with van der Waals surface area (Å²) in [4.78, 5) is 10.6. The number of rotatable bonds is 3. The van der Waals surface area contributed by atoms with Gasteiger partial charge in [0.2, 0.25) is 0 Å². The molecular weight excluding hydrogens is 222 g/mol. The van der Waals surface area contributed by atoms with Crippen LogP contribution < -0.4 is 10.5 Å². The van der Waals surface area contributed by atoms with Crippen molar-refractivity contribution < 1.29 is 19.7 Å². The molecule has 1 atom stereocenters. The van der Waals surface area contributed by atoms with E-state index >= 15 is 0 Å². The van der Waals surface area contributed by atoms with E-state index in [0.29, 0.717) is 0 Å². The SMILES string of the molecule is COc1cc(C(N)C(=O)O)cc(O)c1Cl. The Morgan fingerprint density at radius 2 is 2.20 bits per heavy atom. The summed E-state index contributed by atoms with van der Waals surface area (Å²) in [7, 11) is 1.36. The Kier molecular flexibility index (Phi) is 3.39. The molecule has 6 heteroatoms. The van der Waals surface area contributed by atoms with Crippen LogP contribution in [0, 0.1) is 0 Å². The first-order chi connectivity index (χ1) is 6.97. The number of phenols is 1. The van der Waals surface area contributed by atoms with E-state index in [1.165, 1.54) is 19.2 Å². The van der Waals surface area contributed by atoms with E-state index < -0.39 is 12.0 Å². The van der Waals surface area contributed by atoms with Crippen molar-refractivity contribution in [1.82, 2.24) is 0 Å². The highest BCUT2D eigenvalue weighted by atomic mass is 35.5. The van der Waals surface area contributed by atoms with Gasteiger partial charge in [-0.3, -0.25) is 4.79 Å². The molecule has 0 aliphatic heterocycles. The highest BCUT2D eigenvalue weighted by Crippen LogP contribution is 2.35. The molecule has 0 heterocycles. The van der Waals surface area contributed by atoms with Gasteiger partial charge in [-0.2, -0.15) is 0 Å². The van der Waals surface area contributed by atoms with Gasteiger partial charge in [0.05, 0.1) is 7.11 Å². The number of aromatic hydroxyl groups is 1. The topological polar surface area (TPSA) is 92.8 Å². The van der Waals surface area contributed by atoms with Crippen LogP contribution in [0.15, 0.2) is 12.1 Å². The van der Waals surface area contributed by atoms with Crippen LogP contribution in [0.5, 0.6) is 11.5 Å². The molecule has 0 aliphatic carbocycles. The number of halogens is 1. The first-order valence-corrected chi connectivity index (χ1v) is 4.40. The minimum Gasteiger partial charge on any atom is -0.506 e. The number of hydrogen-bond acceptors (Lipinski definition) is 4. The summed E-state index contributed by atoms with van der Waals surface area (Å²) in [5.41, 5.74) is 5.59. The molecule has 0 amide bonds. The molecule has 1 aromatic carbocycles. The summed E-state index contributed by atoms with van der Waals surface area (Å²) >= 11 is 5.69. The third-order valence-corrected chi connectivity index (χ3v) is 2.27. The fourth-order valence-corrected chi connectivity index (χ4v) is 1.26. The third-order valence-electron chi connectivity index (χ3n) is 1.89. The lowest BCUT2D eigenvalue weighted by Gasteiger charge is -2.11. The molecule has 1 unspecified atom stereocenters. The molecule has 4 N–H and O–H groups in total. The Morgan fingerprint density at radius 1 is 1.60 bits per heavy atom. The van der Waals surface area contributed by atoms with Gasteiger partial charge in [-0.15, -0.1) is 0 Å². The van der Waals surface area contributed by atoms with Gasteiger partial charge in [-0.05, 0) is 17.7 Å².